The lowest BCUT2D eigenvalue weighted by Crippen LogP contribution is -2.17. The van der Waals surface area contributed by atoms with Crippen LogP contribution in [-0.2, 0) is 22.4 Å². The molecule has 2 N–H and O–H groups in total. The van der Waals surface area contributed by atoms with E-state index in [9.17, 15) is 14.4 Å². The van der Waals surface area contributed by atoms with E-state index in [4.69, 9.17) is 4.74 Å². The molecule has 0 saturated heterocycles. The van der Waals surface area contributed by atoms with Crippen molar-refractivity contribution < 1.29 is 19.1 Å². The van der Waals surface area contributed by atoms with Crippen molar-refractivity contribution in [1.82, 2.24) is 4.98 Å². The maximum absolute atomic E-state index is 12.4. The van der Waals surface area contributed by atoms with Crippen LogP contribution in [0.1, 0.15) is 51.5 Å². The van der Waals surface area contributed by atoms with Gasteiger partial charge < -0.3 is 15.0 Å². The number of anilines is 1. The zero-order valence-corrected chi connectivity index (χ0v) is 14.9. The second-order valence-electron chi connectivity index (χ2n) is 5.76. The minimum Gasteiger partial charge on any atom is -0.465 e. The number of hydrogen-bond donors (Lipinski definition) is 2. The van der Waals surface area contributed by atoms with E-state index in [1.54, 1.807) is 6.92 Å². The number of para-hydroxylation sites is 1. The summed E-state index contributed by atoms with van der Waals surface area (Å²) in [4.78, 5) is 39.1. The number of carbonyl (C=O) groups excluding carboxylic acids is 3. The molecule has 0 bridgehead atoms. The molecule has 0 aliphatic heterocycles. The van der Waals surface area contributed by atoms with Gasteiger partial charge in [0.2, 0.25) is 5.91 Å². The molecular formula is C19H22N2O4. The van der Waals surface area contributed by atoms with Gasteiger partial charge >= 0.3 is 5.97 Å². The first-order valence-electron chi connectivity index (χ1n) is 8.07. The Bertz CT molecular complexity index is 821. The van der Waals surface area contributed by atoms with Gasteiger partial charge in [-0.2, -0.15) is 0 Å². The Morgan fingerprint density at radius 2 is 1.88 bits per heavy atom. The molecule has 6 heteroatoms. The molecule has 0 aliphatic rings. The average Bonchev–Trinajstić information content (AvgIpc) is 2.91. The average molecular weight is 342 g/mol. The van der Waals surface area contributed by atoms with Gasteiger partial charge in [0.15, 0.2) is 5.78 Å². The molecule has 0 aliphatic carbocycles. The Labute approximate surface area is 146 Å². The number of aromatic amines is 1. The molecule has 0 unspecified atom stereocenters. The Morgan fingerprint density at radius 1 is 1.20 bits per heavy atom. The summed E-state index contributed by atoms with van der Waals surface area (Å²) in [6, 6.07) is 7.54. The second-order valence-corrected chi connectivity index (χ2v) is 5.76. The first-order valence-corrected chi connectivity index (χ1v) is 8.07. The molecule has 1 aromatic carbocycles. The minimum absolute atomic E-state index is 0.0589. The number of amides is 1. The second kappa shape index (κ2) is 7.79. The number of hydrogen-bond acceptors (Lipinski definition) is 4. The van der Waals surface area contributed by atoms with E-state index in [0.717, 1.165) is 17.7 Å². The largest absolute Gasteiger partial charge is 0.465 e. The van der Waals surface area contributed by atoms with Gasteiger partial charge in [0, 0.05) is 18.3 Å². The predicted molar refractivity (Wildman–Crippen MR) is 95.0 cm³/mol. The lowest BCUT2D eigenvalue weighted by molar-refractivity contribution is -0.115. The van der Waals surface area contributed by atoms with Crippen molar-refractivity contribution in [2.75, 3.05) is 12.4 Å². The topological polar surface area (TPSA) is 88.3 Å². The van der Waals surface area contributed by atoms with Gasteiger partial charge in [0.25, 0.3) is 0 Å². The van der Waals surface area contributed by atoms with E-state index in [0.29, 0.717) is 17.0 Å². The van der Waals surface area contributed by atoms with Crippen molar-refractivity contribution in [2.24, 2.45) is 0 Å². The molecule has 1 amide bonds. The number of benzene rings is 1. The number of H-pyrrole nitrogens is 1. The summed E-state index contributed by atoms with van der Waals surface area (Å²) in [7, 11) is 1.27. The number of carbonyl (C=O) groups is 3. The van der Waals surface area contributed by atoms with Crippen LogP contribution in [0, 0.1) is 6.92 Å². The Balaban J connectivity index is 2.30. The highest BCUT2D eigenvalue weighted by molar-refractivity contribution is 6.02. The van der Waals surface area contributed by atoms with Crippen LogP contribution in [0.2, 0.25) is 0 Å². The van der Waals surface area contributed by atoms with Gasteiger partial charge in [-0.3, -0.25) is 9.59 Å². The van der Waals surface area contributed by atoms with Crippen molar-refractivity contribution in [3.63, 3.8) is 0 Å². The molecule has 0 saturated carbocycles. The SMILES string of the molecule is CCc1ccccc1NC(=O)Cc1[nH]c(C(C)=O)c(C)c1C(=O)OC. The zero-order valence-electron chi connectivity index (χ0n) is 14.9. The lowest BCUT2D eigenvalue weighted by atomic mass is 10.1. The highest BCUT2D eigenvalue weighted by Gasteiger charge is 2.24. The molecule has 0 atom stereocenters. The molecule has 0 spiro atoms. The molecule has 6 nitrogen and oxygen atoms in total. The standard InChI is InChI=1S/C19H22N2O4/c1-5-13-8-6-7-9-14(13)20-16(23)10-15-17(19(24)25-4)11(2)18(21-15)12(3)22/h6-9,21H,5,10H2,1-4H3,(H,20,23). The lowest BCUT2D eigenvalue weighted by Gasteiger charge is -2.10. The van der Waals surface area contributed by atoms with Crippen LogP contribution >= 0.6 is 0 Å². The molecule has 25 heavy (non-hydrogen) atoms. The van der Waals surface area contributed by atoms with Gasteiger partial charge in [-0.05, 0) is 30.5 Å². The first kappa shape index (κ1) is 18.4. The fourth-order valence-electron chi connectivity index (χ4n) is 2.83. The monoisotopic (exact) mass is 342 g/mol. The maximum Gasteiger partial charge on any atom is 0.339 e. The van der Waals surface area contributed by atoms with Crippen LogP contribution in [0.4, 0.5) is 5.69 Å². The third-order valence-corrected chi connectivity index (χ3v) is 4.08. The molecule has 1 aromatic heterocycles. The number of Topliss-reactive ketones (excluding diaryl/α,β-unsaturated/α-hetero) is 1. The van der Waals surface area contributed by atoms with Gasteiger partial charge in [-0.25, -0.2) is 4.79 Å². The van der Waals surface area contributed by atoms with Crippen molar-refractivity contribution in [1.29, 1.82) is 0 Å². The van der Waals surface area contributed by atoms with Crippen LogP contribution < -0.4 is 5.32 Å². The highest BCUT2D eigenvalue weighted by Crippen LogP contribution is 2.22. The van der Waals surface area contributed by atoms with E-state index < -0.39 is 5.97 Å². The number of esters is 1. The van der Waals surface area contributed by atoms with Crippen molar-refractivity contribution >= 4 is 23.3 Å². The number of aromatic nitrogens is 1. The number of ketones is 1. The smallest absolute Gasteiger partial charge is 0.339 e. The Hall–Kier alpha value is -2.89. The summed E-state index contributed by atoms with van der Waals surface area (Å²) in [5, 5.41) is 2.86. The summed E-state index contributed by atoms with van der Waals surface area (Å²) in [6.07, 6.45) is 0.733. The normalized spacial score (nSPS) is 10.4. The van der Waals surface area contributed by atoms with Crippen LogP contribution in [0.25, 0.3) is 0 Å². The fourth-order valence-corrected chi connectivity index (χ4v) is 2.83. The summed E-state index contributed by atoms with van der Waals surface area (Å²) in [5.41, 5.74) is 3.20. The minimum atomic E-state index is -0.571. The van der Waals surface area contributed by atoms with Gasteiger partial charge in [-0.1, -0.05) is 25.1 Å². The van der Waals surface area contributed by atoms with Gasteiger partial charge in [-0.15, -0.1) is 0 Å². The highest BCUT2D eigenvalue weighted by atomic mass is 16.5. The molecule has 1 heterocycles. The van der Waals surface area contributed by atoms with E-state index in [-0.39, 0.29) is 23.7 Å². The number of aryl methyl sites for hydroxylation is 1. The number of methoxy groups -OCH3 is 1. The first-order chi connectivity index (χ1) is 11.9. The predicted octanol–water partition coefficient (Wildman–Crippen LogP) is 3.06. The van der Waals surface area contributed by atoms with Gasteiger partial charge in [0.1, 0.15) is 0 Å². The van der Waals surface area contributed by atoms with Crippen LogP contribution in [0.5, 0.6) is 0 Å². The Kier molecular flexibility index (Phi) is 5.75. The number of nitrogens with one attached hydrogen (secondary N) is 2. The van der Waals surface area contributed by atoms with E-state index in [1.807, 2.05) is 31.2 Å². The quantitative estimate of drug-likeness (QED) is 0.624. The summed E-state index contributed by atoms with van der Waals surface area (Å²) < 4.78 is 4.79. The van der Waals surface area contributed by atoms with E-state index in [2.05, 4.69) is 10.3 Å². The summed E-state index contributed by atoms with van der Waals surface area (Å²) in [6.45, 7) is 5.07. The van der Waals surface area contributed by atoms with Crippen LogP contribution in [0.15, 0.2) is 24.3 Å². The molecular weight excluding hydrogens is 320 g/mol. The van der Waals surface area contributed by atoms with Crippen LogP contribution in [0.3, 0.4) is 0 Å². The fraction of sp³-hybridized carbons (Fsp3) is 0.316. The third kappa shape index (κ3) is 3.96. The van der Waals surface area contributed by atoms with E-state index in [1.165, 1.54) is 14.0 Å². The zero-order chi connectivity index (χ0) is 18.6. The Morgan fingerprint density at radius 3 is 2.48 bits per heavy atom. The molecule has 0 fully saturated rings. The van der Waals surface area contributed by atoms with Crippen molar-refractivity contribution in [3.8, 4) is 0 Å². The summed E-state index contributed by atoms with van der Waals surface area (Å²) in [5.74, 6) is -1.05. The summed E-state index contributed by atoms with van der Waals surface area (Å²) >= 11 is 0. The molecule has 2 aromatic rings. The number of ether oxygens (including phenoxy) is 1. The number of rotatable bonds is 6. The third-order valence-electron chi connectivity index (χ3n) is 4.08. The van der Waals surface area contributed by atoms with Crippen molar-refractivity contribution in [2.45, 2.75) is 33.6 Å². The van der Waals surface area contributed by atoms with Crippen molar-refractivity contribution in [3.05, 3.63) is 52.3 Å². The molecule has 132 valence electrons. The van der Waals surface area contributed by atoms with Crippen LogP contribution in [-0.4, -0.2) is 29.8 Å². The molecule has 0 radical (unpaired) electrons. The van der Waals surface area contributed by atoms with Gasteiger partial charge in [0.05, 0.1) is 24.8 Å². The maximum atomic E-state index is 12.4. The van der Waals surface area contributed by atoms with E-state index >= 15 is 0 Å². The molecule has 2 rings (SSSR count).